The van der Waals surface area contributed by atoms with Crippen LogP contribution in [0.3, 0.4) is 0 Å². The van der Waals surface area contributed by atoms with Gasteiger partial charge in [0.2, 0.25) is 23.6 Å². The molecule has 0 radical (unpaired) electrons. The van der Waals surface area contributed by atoms with Crippen LogP contribution in [0.2, 0.25) is 0 Å². The Morgan fingerprint density at radius 3 is 1.69 bits per heavy atom. The number of rotatable bonds is 24. The lowest BCUT2D eigenvalue weighted by atomic mass is 9.84. The molecule has 15 heteroatoms. The molecule has 5 amide bonds. The van der Waals surface area contributed by atoms with Crippen LogP contribution in [-0.2, 0) is 43.0 Å². The lowest BCUT2D eigenvalue weighted by Gasteiger charge is -2.31. The summed E-state index contributed by atoms with van der Waals surface area (Å²) in [6.45, 7) is 27.8. The van der Waals surface area contributed by atoms with Gasteiger partial charge in [-0.3, -0.25) is 19.2 Å². The quantitative estimate of drug-likeness (QED) is 0.0455. The number of alkyl carbamates (subject to hydrolysis) is 1. The first kappa shape index (κ1) is 54.1. The number of amides is 5. The van der Waals surface area contributed by atoms with E-state index in [1.165, 1.54) is 13.8 Å². The summed E-state index contributed by atoms with van der Waals surface area (Å²) >= 11 is 0. The minimum atomic E-state index is -1.06. The Labute approximate surface area is 348 Å². The number of carbonyl (C=O) groups excluding carboxylic acids is 7. The molecule has 0 saturated carbocycles. The molecular weight excluding hydrogens is 746 g/mol. The molecule has 0 spiro atoms. The van der Waals surface area contributed by atoms with Crippen molar-refractivity contribution in [2.24, 2.45) is 29.6 Å². The van der Waals surface area contributed by atoms with Crippen molar-refractivity contribution < 1.29 is 47.8 Å². The Balaban J connectivity index is 5.85. The van der Waals surface area contributed by atoms with Gasteiger partial charge in [-0.1, -0.05) is 87.5 Å². The van der Waals surface area contributed by atoms with E-state index in [0.29, 0.717) is 12.3 Å². The number of esters is 2. The fourth-order valence-corrected chi connectivity index (χ4v) is 6.26. The van der Waals surface area contributed by atoms with Crippen molar-refractivity contribution >= 4 is 41.7 Å². The summed E-state index contributed by atoms with van der Waals surface area (Å²) in [7, 11) is 0. The molecule has 336 valence electrons. The molecule has 0 rings (SSSR count). The molecule has 0 saturated heterocycles. The molecule has 0 aliphatic carbocycles. The van der Waals surface area contributed by atoms with Gasteiger partial charge in [0.25, 0.3) is 0 Å². The maximum atomic E-state index is 13.6. The van der Waals surface area contributed by atoms with E-state index in [4.69, 9.17) is 14.2 Å². The van der Waals surface area contributed by atoms with E-state index in [-0.39, 0.29) is 18.3 Å². The van der Waals surface area contributed by atoms with Crippen molar-refractivity contribution in [2.45, 2.75) is 197 Å². The highest BCUT2D eigenvalue weighted by molar-refractivity contribution is 5.94. The van der Waals surface area contributed by atoms with Gasteiger partial charge < -0.3 is 40.8 Å². The van der Waals surface area contributed by atoms with Crippen LogP contribution in [0.5, 0.6) is 0 Å². The first-order valence-corrected chi connectivity index (χ1v) is 21.2. The van der Waals surface area contributed by atoms with Crippen LogP contribution < -0.4 is 26.6 Å². The van der Waals surface area contributed by atoms with Gasteiger partial charge in [0, 0.05) is 0 Å². The summed E-state index contributed by atoms with van der Waals surface area (Å²) in [6.07, 6.45) is 4.76. The van der Waals surface area contributed by atoms with E-state index in [0.717, 1.165) is 32.1 Å². The number of nitrogens with one attached hydrogen (secondary N) is 5. The first-order valence-electron chi connectivity index (χ1n) is 21.2. The van der Waals surface area contributed by atoms with Crippen molar-refractivity contribution in [2.75, 3.05) is 6.54 Å². The Hall–Kier alpha value is -3.91. The Bertz CT molecular complexity index is 1340. The summed E-state index contributed by atoms with van der Waals surface area (Å²) in [5.41, 5.74) is -1.52. The molecule has 0 aromatic heterocycles. The topological polar surface area (TPSA) is 207 Å². The molecule has 0 fully saturated rings. The Morgan fingerprint density at radius 2 is 1.17 bits per heavy atom. The molecule has 58 heavy (non-hydrogen) atoms. The predicted molar refractivity (Wildman–Crippen MR) is 224 cm³/mol. The van der Waals surface area contributed by atoms with Crippen molar-refractivity contribution in [3.8, 4) is 0 Å². The molecule has 0 unspecified atom stereocenters. The summed E-state index contributed by atoms with van der Waals surface area (Å²) in [5, 5.41) is 13.1. The minimum absolute atomic E-state index is 0.00134. The molecule has 0 aliphatic heterocycles. The zero-order valence-corrected chi connectivity index (χ0v) is 38.5. The zero-order valence-electron chi connectivity index (χ0n) is 38.5. The fourth-order valence-electron chi connectivity index (χ4n) is 6.26. The summed E-state index contributed by atoms with van der Waals surface area (Å²) in [4.78, 5) is 91.7. The number of hydrogen-bond acceptors (Lipinski definition) is 10. The molecular formula is C43H79N5O10. The number of hydrogen-bond donors (Lipinski definition) is 5. The first-order chi connectivity index (χ1) is 26.6. The second-order valence-corrected chi connectivity index (χ2v) is 18.7. The van der Waals surface area contributed by atoms with Gasteiger partial charge in [-0.15, -0.1) is 0 Å². The number of carbonyl (C=O) groups is 7. The van der Waals surface area contributed by atoms with Crippen LogP contribution in [0, 0.1) is 29.6 Å². The molecule has 0 heterocycles. The molecule has 0 aromatic rings. The van der Waals surface area contributed by atoms with Gasteiger partial charge in [0.15, 0.2) is 0 Å². The standard InChI is InChI=1S/C43H79N5O10/c1-17-18-19-20-21-27(6)23-28(7)35(56-39(53)30(9)46-41(55)58-43(14,15)16)29(8)36(50)44-24-33(49)48-34(26(4)5)38(52)47-32(22-25(2)3)37(51)45-31(10)40(54)57-42(11,12)13/h25-32,34-35H,17-24H2,1-16H3,(H,44,50)(H,45,51)(H,46,55)(H,47,52)(H,48,49)/t27-,28-,29+,30-,31-,32-,34-,35+/m0/s1. The van der Waals surface area contributed by atoms with E-state index in [9.17, 15) is 33.6 Å². The van der Waals surface area contributed by atoms with Crippen molar-refractivity contribution in [3.63, 3.8) is 0 Å². The molecule has 15 nitrogen and oxygen atoms in total. The molecule has 8 atom stereocenters. The highest BCUT2D eigenvalue weighted by atomic mass is 16.6. The Kier molecular flexibility index (Phi) is 23.8. The average Bonchev–Trinajstić information content (AvgIpc) is 3.07. The van der Waals surface area contributed by atoms with Crippen LogP contribution in [0.15, 0.2) is 0 Å². The smallest absolute Gasteiger partial charge is 0.408 e. The normalized spacial score (nSPS) is 16.0. The van der Waals surface area contributed by atoms with Crippen LogP contribution in [0.25, 0.3) is 0 Å². The molecule has 0 aliphatic rings. The second-order valence-electron chi connectivity index (χ2n) is 18.7. The van der Waals surface area contributed by atoms with Crippen LogP contribution in [0.1, 0.15) is 156 Å². The highest BCUT2D eigenvalue weighted by Crippen LogP contribution is 2.27. The highest BCUT2D eigenvalue weighted by Gasteiger charge is 2.36. The SMILES string of the molecule is CCCCCC[C@H](C)C[C@H](C)[C@@H](OC(=O)[C@H](C)NC(=O)OC(C)(C)C)[C@@H](C)C(=O)NCC(=O)N[C@H](C(=O)N[C@@H](CC(C)C)C(=O)N[C@@H](C)C(=O)OC(C)(C)C)C(C)C. The van der Waals surface area contributed by atoms with Gasteiger partial charge in [0.1, 0.15) is 41.5 Å². The lowest BCUT2D eigenvalue weighted by Crippen LogP contribution is -2.58. The van der Waals surface area contributed by atoms with E-state index in [1.54, 1.807) is 62.3 Å². The maximum absolute atomic E-state index is 13.6. The van der Waals surface area contributed by atoms with Crippen LogP contribution >= 0.6 is 0 Å². The average molecular weight is 826 g/mol. The molecule has 5 N–H and O–H groups in total. The lowest BCUT2D eigenvalue weighted by molar-refractivity contribution is -0.160. The predicted octanol–water partition coefficient (Wildman–Crippen LogP) is 5.71. The fraction of sp³-hybridized carbons (Fsp3) is 0.837. The minimum Gasteiger partial charge on any atom is -0.460 e. The van der Waals surface area contributed by atoms with E-state index >= 15 is 0 Å². The largest absolute Gasteiger partial charge is 0.460 e. The summed E-state index contributed by atoms with van der Waals surface area (Å²) < 4.78 is 16.6. The molecule has 0 bridgehead atoms. The van der Waals surface area contributed by atoms with Gasteiger partial charge in [0.05, 0.1) is 12.5 Å². The van der Waals surface area contributed by atoms with Crippen molar-refractivity contribution in [1.29, 1.82) is 0 Å². The molecule has 0 aromatic carbocycles. The number of ether oxygens (including phenoxy) is 3. The second kappa shape index (κ2) is 25.5. The van der Waals surface area contributed by atoms with Gasteiger partial charge in [-0.2, -0.15) is 0 Å². The maximum Gasteiger partial charge on any atom is 0.408 e. The van der Waals surface area contributed by atoms with Gasteiger partial charge in [-0.05, 0) is 91.9 Å². The van der Waals surface area contributed by atoms with Crippen LogP contribution in [-0.4, -0.2) is 89.7 Å². The van der Waals surface area contributed by atoms with E-state index in [1.807, 2.05) is 20.8 Å². The van der Waals surface area contributed by atoms with Gasteiger partial charge >= 0.3 is 18.0 Å². The monoisotopic (exact) mass is 826 g/mol. The van der Waals surface area contributed by atoms with E-state index in [2.05, 4.69) is 40.4 Å². The summed E-state index contributed by atoms with van der Waals surface area (Å²) in [5.74, 6) is -4.93. The van der Waals surface area contributed by atoms with Crippen LogP contribution in [0.4, 0.5) is 4.79 Å². The number of unbranched alkanes of at least 4 members (excludes halogenated alkanes) is 3. The van der Waals surface area contributed by atoms with Gasteiger partial charge in [-0.25, -0.2) is 14.4 Å². The third-order valence-corrected chi connectivity index (χ3v) is 9.28. The summed E-state index contributed by atoms with van der Waals surface area (Å²) in [6, 6.07) is -4.08. The van der Waals surface area contributed by atoms with Crippen molar-refractivity contribution in [1.82, 2.24) is 26.6 Å². The third kappa shape index (κ3) is 22.9. The zero-order chi connectivity index (χ0) is 45.1. The third-order valence-electron chi connectivity index (χ3n) is 9.28. The van der Waals surface area contributed by atoms with E-state index < -0.39 is 102 Å². The Morgan fingerprint density at radius 1 is 0.603 bits per heavy atom. The van der Waals surface area contributed by atoms with Crippen molar-refractivity contribution in [3.05, 3.63) is 0 Å².